The lowest BCUT2D eigenvalue weighted by Gasteiger charge is -2.17. The maximum absolute atomic E-state index is 10.7. The molecule has 1 aromatic rings. The second-order valence-electron chi connectivity index (χ2n) is 4.26. The Kier molecular flexibility index (Phi) is 6.17. The highest BCUT2D eigenvalue weighted by molar-refractivity contribution is 5.73. The van der Waals surface area contributed by atoms with Crippen molar-refractivity contribution in [2.45, 2.75) is 13.3 Å². The van der Waals surface area contributed by atoms with Gasteiger partial charge in [-0.15, -0.1) is 0 Å². The van der Waals surface area contributed by atoms with E-state index in [9.17, 15) is 4.79 Å². The molecule has 19 heavy (non-hydrogen) atoms. The Hall–Kier alpha value is -2.28. The molecule has 0 atom stereocenters. The third-order valence-electron chi connectivity index (χ3n) is 2.67. The highest BCUT2D eigenvalue weighted by Gasteiger charge is 1.99. The molecular weight excluding hydrogens is 238 g/mol. The molecule has 0 unspecified atom stereocenters. The second-order valence-corrected chi connectivity index (χ2v) is 4.26. The highest BCUT2D eigenvalue weighted by atomic mass is 16.1. The number of nitrogens with zero attached hydrogens (tertiary/aromatic N) is 2. The number of nitrogens with one attached hydrogen (secondary N) is 1. The molecule has 1 N–H and O–H groups in total. The Morgan fingerprint density at radius 1 is 1.42 bits per heavy atom. The van der Waals surface area contributed by atoms with Crippen molar-refractivity contribution >= 4 is 17.7 Å². The lowest BCUT2D eigenvalue weighted by atomic mass is 10.2. The van der Waals surface area contributed by atoms with Crippen molar-refractivity contribution in [2.24, 2.45) is 0 Å². The van der Waals surface area contributed by atoms with Gasteiger partial charge in [0.2, 0.25) is 5.91 Å². The fourth-order valence-corrected chi connectivity index (χ4v) is 1.58. The lowest BCUT2D eigenvalue weighted by molar-refractivity contribution is -0.118. The van der Waals surface area contributed by atoms with Crippen molar-refractivity contribution in [3.8, 4) is 6.07 Å². The molecule has 0 aliphatic carbocycles. The van der Waals surface area contributed by atoms with Gasteiger partial charge < -0.3 is 10.2 Å². The average Bonchev–Trinajstić information content (AvgIpc) is 2.41. The van der Waals surface area contributed by atoms with Gasteiger partial charge in [-0.1, -0.05) is 24.3 Å². The number of hydrogen-bond acceptors (Lipinski definition) is 3. The van der Waals surface area contributed by atoms with E-state index in [0.29, 0.717) is 13.0 Å². The molecule has 0 aliphatic rings. The predicted molar refractivity (Wildman–Crippen MR) is 77.7 cm³/mol. The van der Waals surface area contributed by atoms with Gasteiger partial charge >= 0.3 is 0 Å². The first-order chi connectivity index (χ1) is 9.13. The standard InChI is InChI=1S/C15H19N3O/c1-13(19)17-11-3-5-14-6-8-15(9-7-14)18(2)12-4-10-16/h3,5-9H,4,11-12H2,1-2H3,(H,17,19). The summed E-state index contributed by atoms with van der Waals surface area (Å²) in [7, 11) is 1.97. The van der Waals surface area contributed by atoms with Crippen LogP contribution < -0.4 is 10.2 Å². The van der Waals surface area contributed by atoms with Crippen LogP contribution in [-0.4, -0.2) is 26.0 Å². The summed E-state index contributed by atoms with van der Waals surface area (Å²) in [5.41, 5.74) is 2.18. The normalized spacial score (nSPS) is 10.2. The van der Waals surface area contributed by atoms with Crippen LogP contribution in [0.3, 0.4) is 0 Å². The molecule has 1 amide bonds. The molecule has 0 radical (unpaired) electrons. The summed E-state index contributed by atoms with van der Waals surface area (Å²) in [5, 5.41) is 11.3. The molecular formula is C15H19N3O. The van der Waals surface area contributed by atoms with Crippen molar-refractivity contribution in [3.63, 3.8) is 0 Å². The number of benzene rings is 1. The second kappa shape index (κ2) is 7.93. The van der Waals surface area contributed by atoms with Gasteiger partial charge in [0, 0.05) is 32.7 Å². The van der Waals surface area contributed by atoms with Crippen LogP contribution in [0, 0.1) is 11.3 Å². The maximum Gasteiger partial charge on any atom is 0.217 e. The largest absolute Gasteiger partial charge is 0.374 e. The van der Waals surface area contributed by atoms with Crippen molar-refractivity contribution in [3.05, 3.63) is 35.9 Å². The molecule has 0 aliphatic heterocycles. The van der Waals surface area contributed by atoms with Gasteiger partial charge in [0.1, 0.15) is 0 Å². The van der Waals surface area contributed by atoms with Crippen molar-refractivity contribution < 1.29 is 4.79 Å². The number of anilines is 1. The fraction of sp³-hybridized carbons (Fsp3) is 0.333. The van der Waals surface area contributed by atoms with E-state index in [4.69, 9.17) is 5.26 Å². The summed E-state index contributed by atoms with van der Waals surface area (Å²) in [6, 6.07) is 10.2. The van der Waals surface area contributed by atoms with Gasteiger partial charge in [-0.05, 0) is 17.7 Å². The first-order valence-electron chi connectivity index (χ1n) is 6.22. The molecule has 1 aromatic carbocycles. The molecule has 0 aromatic heterocycles. The summed E-state index contributed by atoms with van der Waals surface area (Å²) >= 11 is 0. The maximum atomic E-state index is 10.7. The van der Waals surface area contributed by atoms with Crippen LogP contribution in [0.2, 0.25) is 0 Å². The van der Waals surface area contributed by atoms with Crippen molar-refractivity contribution in [1.29, 1.82) is 5.26 Å². The van der Waals surface area contributed by atoms with Crippen LogP contribution in [0.1, 0.15) is 18.9 Å². The van der Waals surface area contributed by atoms with Gasteiger partial charge in [-0.25, -0.2) is 0 Å². The minimum atomic E-state index is -0.0286. The van der Waals surface area contributed by atoms with Crippen molar-refractivity contribution in [1.82, 2.24) is 5.32 Å². The first kappa shape index (κ1) is 14.8. The molecule has 0 saturated carbocycles. The number of carbonyl (C=O) groups is 1. The zero-order valence-corrected chi connectivity index (χ0v) is 11.4. The third kappa shape index (κ3) is 5.73. The zero-order chi connectivity index (χ0) is 14.1. The first-order valence-corrected chi connectivity index (χ1v) is 6.22. The molecule has 0 heterocycles. The van der Waals surface area contributed by atoms with Crippen LogP contribution in [-0.2, 0) is 4.79 Å². The summed E-state index contributed by atoms with van der Waals surface area (Å²) < 4.78 is 0. The number of rotatable bonds is 6. The summed E-state index contributed by atoms with van der Waals surface area (Å²) in [6.07, 6.45) is 4.40. The monoisotopic (exact) mass is 257 g/mol. The Morgan fingerprint density at radius 3 is 2.68 bits per heavy atom. The Morgan fingerprint density at radius 2 is 2.11 bits per heavy atom. The van der Waals surface area contributed by atoms with E-state index in [0.717, 1.165) is 17.8 Å². The van der Waals surface area contributed by atoms with E-state index in [1.165, 1.54) is 6.92 Å². The molecule has 4 nitrogen and oxygen atoms in total. The van der Waals surface area contributed by atoms with E-state index >= 15 is 0 Å². The highest BCUT2D eigenvalue weighted by Crippen LogP contribution is 2.14. The van der Waals surface area contributed by atoms with Crippen LogP contribution in [0.15, 0.2) is 30.3 Å². The van der Waals surface area contributed by atoms with Gasteiger partial charge in [0.05, 0.1) is 12.5 Å². The quantitative estimate of drug-likeness (QED) is 0.850. The Bertz CT molecular complexity index is 471. The molecule has 0 bridgehead atoms. The molecule has 0 spiro atoms. The van der Waals surface area contributed by atoms with Gasteiger partial charge in [-0.3, -0.25) is 4.79 Å². The lowest BCUT2D eigenvalue weighted by Crippen LogP contribution is -2.19. The van der Waals surface area contributed by atoms with Gasteiger partial charge in [0.25, 0.3) is 0 Å². The van der Waals surface area contributed by atoms with Crippen LogP contribution >= 0.6 is 0 Å². The van der Waals surface area contributed by atoms with E-state index in [-0.39, 0.29) is 5.91 Å². The predicted octanol–water partition coefficient (Wildman–Crippen LogP) is 2.19. The van der Waals surface area contributed by atoms with E-state index in [2.05, 4.69) is 11.4 Å². The van der Waals surface area contributed by atoms with E-state index in [1.807, 2.05) is 48.4 Å². The minimum Gasteiger partial charge on any atom is -0.374 e. The van der Waals surface area contributed by atoms with E-state index < -0.39 is 0 Å². The number of nitriles is 1. The number of hydrogen-bond donors (Lipinski definition) is 1. The molecule has 0 fully saturated rings. The number of amides is 1. The van der Waals surface area contributed by atoms with Crippen LogP contribution in [0.25, 0.3) is 6.08 Å². The SMILES string of the molecule is CC(=O)NCC=Cc1ccc(N(C)CCC#N)cc1. The minimum absolute atomic E-state index is 0.0286. The van der Waals surface area contributed by atoms with Gasteiger partial charge in [-0.2, -0.15) is 5.26 Å². The Labute approximate surface area is 114 Å². The summed E-state index contributed by atoms with van der Waals surface area (Å²) in [4.78, 5) is 12.7. The van der Waals surface area contributed by atoms with Crippen molar-refractivity contribution in [2.75, 3.05) is 25.0 Å². The molecule has 1 rings (SSSR count). The zero-order valence-electron chi connectivity index (χ0n) is 11.4. The molecule has 4 heteroatoms. The Balaban J connectivity index is 2.51. The fourth-order valence-electron chi connectivity index (χ4n) is 1.58. The summed E-state index contributed by atoms with van der Waals surface area (Å²) in [5.74, 6) is -0.0286. The van der Waals surface area contributed by atoms with Crippen LogP contribution in [0.5, 0.6) is 0 Å². The third-order valence-corrected chi connectivity index (χ3v) is 2.67. The smallest absolute Gasteiger partial charge is 0.217 e. The molecule has 100 valence electrons. The average molecular weight is 257 g/mol. The number of carbonyl (C=O) groups excluding carboxylic acids is 1. The van der Waals surface area contributed by atoms with E-state index in [1.54, 1.807) is 0 Å². The van der Waals surface area contributed by atoms with Crippen LogP contribution in [0.4, 0.5) is 5.69 Å². The topological polar surface area (TPSA) is 56.1 Å². The summed E-state index contributed by atoms with van der Waals surface area (Å²) in [6.45, 7) is 2.77. The molecule has 0 saturated heterocycles. The van der Waals surface area contributed by atoms with Gasteiger partial charge in [0.15, 0.2) is 0 Å².